The van der Waals surface area contributed by atoms with Gasteiger partial charge >= 0.3 is 0 Å². The SMILES string of the molecule is CC(C)c1c(S)cccc1S. The van der Waals surface area contributed by atoms with E-state index in [1.165, 1.54) is 5.56 Å². The Balaban J connectivity index is 3.21. The molecule has 0 bridgehead atoms. The zero-order valence-corrected chi connectivity index (χ0v) is 8.49. The van der Waals surface area contributed by atoms with Crippen molar-refractivity contribution in [2.24, 2.45) is 0 Å². The zero-order chi connectivity index (χ0) is 8.43. The van der Waals surface area contributed by atoms with Crippen LogP contribution in [-0.2, 0) is 0 Å². The van der Waals surface area contributed by atoms with Gasteiger partial charge in [-0.1, -0.05) is 19.9 Å². The molecule has 0 atom stereocenters. The molecule has 1 aromatic carbocycles. The lowest BCUT2D eigenvalue weighted by Gasteiger charge is -2.10. The van der Waals surface area contributed by atoms with Gasteiger partial charge in [0.25, 0.3) is 0 Å². The Hall–Kier alpha value is -0.0800. The molecule has 0 fully saturated rings. The van der Waals surface area contributed by atoms with E-state index in [2.05, 4.69) is 39.1 Å². The first kappa shape index (κ1) is 9.01. The molecule has 0 heterocycles. The van der Waals surface area contributed by atoms with Gasteiger partial charge in [0.15, 0.2) is 0 Å². The van der Waals surface area contributed by atoms with Crippen LogP contribution >= 0.6 is 25.3 Å². The molecule has 0 radical (unpaired) electrons. The highest BCUT2D eigenvalue weighted by Gasteiger charge is 2.06. The second-order valence-corrected chi connectivity index (χ2v) is 3.83. The highest BCUT2D eigenvalue weighted by Crippen LogP contribution is 2.28. The van der Waals surface area contributed by atoms with Crippen molar-refractivity contribution >= 4 is 25.3 Å². The van der Waals surface area contributed by atoms with Gasteiger partial charge in [0, 0.05) is 9.79 Å². The molecule has 0 unspecified atom stereocenters. The molecule has 0 N–H and O–H groups in total. The third-order valence-electron chi connectivity index (χ3n) is 1.64. The Kier molecular flexibility index (Phi) is 2.90. The largest absolute Gasteiger partial charge is 0.143 e. The van der Waals surface area contributed by atoms with Crippen molar-refractivity contribution in [3.63, 3.8) is 0 Å². The van der Waals surface area contributed by atoms with Crippen molar-refractivity contribution < 1.29 is 0 Å². The Bertz CT molecular complexity index is 233. The topological polar surface area (TPSA) is 0 Å². The molecule has 0 saturated heterocycles. The molecule has 2 heteroatoms. The van der Waals surface area contributed by atoms with Crippen molar-refractivity contribution in [3.8, 4) is 0 Å². The first-order valence-electron chi connectivity index (χ1n) is 3.63. The lowest BCUT2D eigenvalue weighted by atomic mass is 10.0. The van der Waals surface area contributed by atoms with Gasteiger partial charge in [-0.15, -0.1) is 25.3 Å². The molecule has 0 aliphatic heterocycles. The fraction of sp³-hybridized carbons (Fsp3) is 0.333. The number of benzene rings is 1. The van der Waals surface area contributed by atoms with E-state index in [0.717, 1.165) is 9.79 Å². The average molecular weight is 184 g/mol. The fourth-order valence-corrected chi connectivity index (χ4v) is 2.15. The van der Waals surface area contributed by atoms with Crippen molar-refractivity contribution in [1.82, 2.24) is 0 Å². The minimum atomic E-state index is 0.496. The Labute approximate surface area is 78.8 Å². The van der Waals surface area contributed by atoms with Crippen LogP contribution in [0.15, 0.2) is 28.0 Å². The quantitative estimate of drug-likeness (QED) is 0.614. The van der Waals surface area contributed by atoms with Crippen LogP contribution in [0, 0.1) is 0 Å². The molecule has 0 nitrogen and oxygen atoms in total. The van der Waals surface area contributed by atoms with E-state index in [4.69, 9.17) is 0 Å². The Morgan fingerprint density at radius 2 is 1.55 bits per heavy atom. The fourth-order valence-electron chi connectivity index (χ4n) is 1.13. The highest BCUT2D eigenvalue weighted by molar-refractivity contribution is 7.81. The smallest absolute Gasteiger partial charge is 0.00857 e. The normalized spacial score (nSPS) is 10.6. The highest BCUT2D eigenvalue weighted by atomic mass is 32.1. The molecule has 1 rings (SSSR count). The van der Waals surface area contributed by atoms with Crippen LogP contribution in [0.1, 0.15) is 25.3 Å². The molecule has 1 aromatic rings. The first-order valence-corrected chi connectivity index (χ1v) is 4.53. The Morgan fingerprint density at radius 3 is 1.82 bits per heavy atom. The predicted molar refractivity (Wildman–Crippen MR) is 55.0 cm³/mol. The van der Waals surface area contributed by atoms with Gasteiger partial charge in [-0.2, -0.15) is 0 Å². The van der Waals surface area contributed by atoms with Crippen molar-refractivity contribution in [1.29, 1.82) is 0 Å². The second kappa shape index (κ2) is 3.55. The van der Waals surface area contributed by atoms with Crippen LogP contribution in [0.5, 0.6) is 0 Å². The summed E-state index contributed by atoms with van der Waals surface area (Å²) in [5, 5.41) is 0. The van der Waals surface area contributed by atoms with Gasteiger partial charge in [0.2, 0.25) is 0 Å². The van der Waals surface area contributed by atoms with E-state index < -0.39 is 0 Å². The zero-order valence-electron chi connectivity index (χ0n) is 6.70. The van der Waals surface area contributed by atoms with Crippen LogP contribution in [0.3, 0.4) is 0 Å². The number of hydrogen-bond acceptors (Lipinski definition) is 2. The predicted octanol–water partition coefficient (Wildman–Crippen LogP) is 3.39. The number of hydrogen-bond donors (Lipinski definition) is 2. The maximum Gasteiger partial charge on any atom is 0.00857 e. The van der Waals surface area contributed by atoms with Gasteiger partial charge in [-0.05, 0) is 23.6 Å². The van der Waals surface area contributed by atoms with Crippen molar-refractivity contribution in [2.45, 2.75) is 29.6 Å². The van der Waals surface area contributed by atoms with E-state index in [-0.39, 0.29) is 0 Å². The maximum atomic E-state index is 4.36. The molecule has 60 valence electrons. The second-order valence-electron chi connectivity index (χ2n) is 2.86. The summed E-state index contributed by atoms with van der Waals surface area (Å²) in [5.74, 6) is 0.496. The molecule has 11 heavy (non-hydrogen) atoms. The van der Waals surface area contributed by atoms with E-state index in [1.54, 1.807) is 0 Å². The standard InChI is InChI=1S/C9H12S2/c1-6(2)9-7(10)4-3-5-8(9)11/h3-6,10-11H,1-2H3. The van der Waals surface area contributed by atoms with Gasteiger partial charge in [0.05, 0.1) is 0 Å². The van der Waals surface area contributed by atoms with E-state index in [1.807, 2.05) is 18.2 Å². The maximum absolute atomic E-state index is 4.36. The van der Waals surface area contributed by atoms with Crippen LogP contribution in [0.25, 0.3) is 0 Å². The lowest BCUT2D eigenvalue weighted by molar-refractivity contribution is 0.817. The van der Waals surface area contributed by atoms with Gasteiger partial charge in [-0.3, -0.25) is 0 Å². The molecule has 0 aromatic heterocycles. The van der Waals surface area contributed by atoms with Gasteiger partial charge in [-0.25, -0.2) is 0 Å². The van der Waals surface area contributed by atoms with Crippen LogP contribution in [0.2, 0.25) is 0 Å². The van der Waals surface area contributed by atoms with E-state index in [9.17, 15) is 0 Å². The monoisotopic (exact) mass is 184 g/mol. The summed E-state index contributed by atoms with van der Waals surface area (Å²) in [5.41, 5.74) is 1.24. The minimum Gasteiger partial charge on any atom is -0.143 e. The van der Waals surface area contributed by atoms with Gasteiger partial charge < -0.3 is 0 Å². The van der Waals surface area contributed by atoms with Crippen LogP contribution in [-0.4, -0.2) is 0 Å². The summed E-state index contributed by atoms with van der Waals surface area (Å²) in [6.07, 6.45) is 0. The van der Waals surface area contributed by atoms with Crippen LogP contribution < -0.4 is 0 Å². The lowest BCUT2D eigenvalue weighted by Crippen LogP contribution is -1.90. The Morgan fingerprint density at radius 1 is 1.09 bits per heavy atom. The van der Waals surface area contributed by atoms with E-state index in [0.29, 0.717) is 5.92 Å². The van der Waals surface area contributed by atoms with Gasteiger partial charge in [0.1, 0.15) is 0 Å². The summed E-state index contributed by atoms with van der Waals surface area (Å²) >= 11 is 8.72. The summed E-state index contributed by atoms with van der Waals surface area (Å²) < 4.78 is 0. The third-order valence-corrected chi connectivity index (χ3v) is 2.42. The third kappa shape index (κ3) is 1.94. The minimum absolute atomic E-state index is 0.496. The summed E-state index contributed by atoms with van der Waals surface area (Å²) in [4.78, 5) is 2.07. The molecular weight excluding hydrogens is 172 g/mol. The molecule has 0 aliphatic rings. The average Bonchev–Trinajstić information content (AvgIpc) is 1.85. The summed E-state index contributed by atoms with van der Waals surface area (Å²) in [6.45, 7) is 4.30. The molecule has 0 aliphatic carbocycles. The first-order chi connectivity index (χ1) is 5.13. The van der Waals surface area contributed by atoms with Crippen molar-refractivity contribution in [2.75, 3.05) is 0 Å². The molecule has 0 spiro atoms. The summed E-state index contributed by atoms with van der Waals surface area (Å²) in [7, 11) is 0. The number of rotatable bonds is 1. The van der Waals surface area contributed by atoms with Crippen LogP contribution in [0.4, 0.5) is 0 Å². The number of thiol groups is 2. The summed E-state index contributed by atoms with van der Waals surface area (Å²) in [6, 6.07) is 5.97. The molecule has 0 amide bonds. The molecule has 0 saturated carbocycles. The van der Waals surface area contributed by atoms with E-state index >= 15 is 0 Å². The van der Waals surface area contributed by atoms with Crippen molar-refractivity contribution in [3.05, 3.63) is 23.8 Å². The molecular formula is C9H12S2.